The lowest BCUT2D eigenvalue weighted by atomic mass is 9.84. The van der Waals surface area contributed by atoms with Crippen molar-refractivity contribution in [2.45, 2.75) is 101 Å². The number of aliphatic imine (C=N–C) groups is 1. The number of anilines is 1. The average Bonchev–Trinajstić information content (AvgIpc) is 4.04. The SMILES string of the molecule is C#Cc1c(F)ccc2cc(O)cc(-c3ncc4c(N5CC6CCC(C5)N6)nc(OCC5(CN6CCN(C(=O)N7CCC(N8CCC(c9ccc%10c(c9)C(C)N=C%10C9CCC(=O)NC9=O)CC8)CC7)CC6)CC5)nc4c3F)c12. The zero-order valence-corrected chi connectivity index (χ0v) is 43.6. The summed E-state index contributed by atoms with van der Waals surface area (Å²) in [6.07, 6.45) is 16.3. The number of benzene rings is 3. The number of phenols is 1. The first-order valence-corrected chi connectivity index (χ1v) is 27.9. The van der Waals surface area contributed by atoms with Crippen molar-refractivity contribution in [2.24, 2.45) is 16.3 Å². The molecule has 4 unspecified atom stereocenters. The summed E-state index contributed by atoms with van der Waals surface area (Å²) < 4.78 is 38.7. The Bertz CT molecular complexity index is 3270. The highest BCUT2D eigenvalue weighted by Gasteiger charge is 2.46. The molecule has 400 valence electrons. The quantitative estimate of drug-likeness (QED) is 0.0978. The fourth-order valence-electron chi connectivity index (χ4n) is 13.8. The maximum Gasteiger partial charge on any atom is 0.320 e. The summed E-state index contributed by atoms with van der Waals surface area (Å²) in [7, 11) is 0. The van der Waals surface area contributed by atoms with Gasteiger partial charge in [-0.1, -0.05) is 30.2 Å². The van der Waals surface area contributed by atoms with Gasteiger partial charge in [0.15, 0.2) is 5.82 Å². The molecule has 7 aliphatic heterocycles. The van der Waals surface area contributed by atoms with Gasteiger partial charge in [-0.2, -0.15) is 9.97 Å². The van der Waals surface area contributed by atoms with Crippen molar-refractivity contribution in [3.8, 4) is 35.4 Å². The molecule has 77 heavy (non-hydrogen) atoms. The monoisotopic (exact) mass is 1050 g/mol. The normalized spacial score (nSPS) is 25.0. The number of aromatic hydroxyl groups is 1. The van der Waals surface area contributed by atoms with Crippen LogP contribution >= 0.6 is 0 Å². The number of hydrogen-bond donors (Lipinski definition) is 3. The van der Waals surface area contributed by atoms with Crippen molar-refractivity contribution >= 4 is 51.1 Å². The van der Waals surface area contributed by atoms with Crippen molar-refractivity contribution in [1.29, 1.82) is 0 Å². The first-order valence-electron chi connectivity index (χ1n) is 27.9. The standard InChI is InChI=1S/C59H65F2N11O5/c1-3-42-48(60)10-5-37-26-41(73)28-46(50(37)42)53-51(61)54-47(29-62-53)55(72-30-38-6-7-39(31-72)64-38)67-57(66-54)77-33-59(16-17-59)32-68-22-24-71(25-23-68)58(76)70-20-14-40(15-21-70)69-18-12-35(13-19-69)36-4-8-43-45(27-36)34(2)63-52(43)44-9-11-49(74)65-56(44)75/h1,4-5,8,10,26-29,34-35,38-40,44,64,73H,6-7,9,11-25,30-33H2,2H3,(H,65,74,75). The van der Waals surface area contributed by atoms with Crippen LogP contribution in [0.5, 0.6) is 11.8 Å². The van der Waals surface area contributed by atoms with Gasteiger partial charge in [0, 0.05) is 112 Å². The molecule has 2 aromatic heterocycles. The highest BCUT2D eigenvalue weighted by Crippen LogP contribution is 2.47. The number of terminal acetylenes is 1. The van der Waals surface area contributed by atoms with Gasteiger partial charge < -0.3 is 34.8 Å². The number of carbonyl (C=O) groups is 3. The zero-order chi connectivity index (χ0) is 52.7. The van der Waals surface area contributed by atoms with E-state index in [0.717, 1.165) is 108 Å². The van der Waals surface area contributed by atoms with E-state index in [2.05, 4.69) is 66.3 Å². The molecule has 16 nitrogen and oxygen atoms in total. The van der Waals surface area contributed by atoms with Gasteiger partial charge in [-0.05, 0) is 118 Å². The van der Waals surface area contributed by atoms with Gasteiger partial charge in [0.1, 0.15) is 28.6 Å². The third-order valence-corrected chi connectivity index (χ3v) is 18.2. The molecule has 2 bridgehead atoms. The van der Waals surface area contributed by atoms with Gasteiger partial charge in [0.05, 0.1) is 35.2 Å². The smallest absolute Gasteiger partial charge is 0.320 e. The minimum atomic E-state index is -0.744. The number of aromatic nitrogens is 3. The lowest BCUT2D eigenvalue weighted by molar-refractivity contribution is -0.134. The van der Waals surface area contributed by atoms with Crippen molar-refractivity contribution in [1.82, 2.24) is 45.2 Å². The summed E-state index contributed by atoms with van der Waals surface area (Å²) in [6.45, 7) is 11.1. The molecule has 1 aliphatic carbocycles. The number of nitrogens with zero attached hydrogens (tertiary/aromatic N) is 9. The van der Waals surface area contributed by atoms with Gasteiger partial charge in [-0.3, -0.25) is 29.8 Å². The Labute approximate surface area is 446 Å². The van der Waals surface area contributed by atoms with Crippen LogP contribution < -0.4 is 20.3 Å². The largest absolute Gasteiger partial charge is 0.508 e. The minimum Gasteiger partial charge on any atom is -0.508 e. The molecule has 3 aromatic carbocycles. The van der Waals surface area contributed by atoms with Crippen LogP contribution in [0.3, 0.4) is 0 Å². The zero-order valence-electron chi connectivity index (χ0n) is 43.6. The summed E-state index contributed by atoms with van der Waals surface area (Å²) in [5, 5.41) is 18.0. The number of fused-ring (bicyclic) bond motifs is 5. The topological polar surface area (TPSA) is 172 Å². The van der Waals surface area contributed by atoms with Crippen LogP contribution in [0.25, 0.3) is 32.9 Å². The Hall–Kier alpha value is -6.81. The summed E-state index contributed by atoms with van der Waals surface area (Å²) in [6, 6.07) is 13.5. The number of piperazine rings is 2. The fourth-order valence-corrected chi connectivity index (χ4v) is 13.8. The van der Waals surface area contributed by atoms with E-state index in [1.54, 1.807) is 6.20 Å². The number of hydrogen-bond acceptors (Lipinski definition) is 13. The number of imide groups is 1. The number of nitrogens with one attached hydrogen (secondary N) is 2. The molecule has 4 atom stereocenters. The highest BCUT2D eigenvalue weighted by atomic mass is 19.1. The van der Waals surface area contributed by atoms with Gasteiger partial charge >= 0.3 is 12.0 Å². The second-order valence-electron chi connectivity index (χ2n) is 23.1. The Morgan fingerprint density at radius 3 is 2.36 bits per heavy atom. The number of amides is 4. The van der Waals surface area contributed by atoms with Crippen LogP contribution in [-0.4, -0.2) is 160 Å². The Morgan fingerprint density at radius 2 is 1.64 bits per heavy atom. The molecule has 7 fully saturated rings. The number of likely N-dealkylation sites (tertiary alicyclic amines) is 2. The van der Waals surface area contributed by atoms with Crippen molar-refractivity contribution in [3.63, 3.8) is 0 Å². The second-order valence-corrected chi connectivity index (χ2v) is 23.1. The number of halogens is 2. The molecule has 5 aromatic rings. The van der Waals surface area contributed by atoms with Crippen LogP contribution in [0.2, 0.25) is 0 Å². The molecule has 4 amide bonds. The molecule has 0 spiro atoms. The van der Waals surface area contributed by atoms with E-state index in [0.29, 0.717) is 74.2 Å². The van der Waals surface area contributed by atoms with Crippen molar-refractivity contribution in [3.05, 3.63) is 82.5 Å². The molecule has 0 radical (unpaired) electrons. The maximum atomic E-state index is 17.2. The van der Waals surface area contributed by atoms with Gasteiger partial charge in [-0.25, -0.2) is 13.6 Å². The molecular weight excluding hydrogens is 981 g/mol. The molecule has 6 saturated heterocycles. The first kappa shape index (κ1) is 49.7. The van der Waals surface area contributed by atoms with Crippen LogP contribution in [0, 0.1) is 35.3 Å². The molecule has 13 rings (SSSR count). The third kappa shape index (κ3) is 9.41. The van der Waals surface area contributed by atoms with E-state index in [1.807, 2.05) is 4.90 Å². The Morgan fingerprint density at radius 1 is 0.883 bits per heavy atom. The highest BCUT2D eigenvalue weighted by molar-refractivity contribution is 6.18. The molecular formula is C59H65F2N11O5. The molecule has 9 heterocycles. The number of pyridine rings is 1. The molecule has 3 N–H and O–H groups in total. The van der Waals surface area contributed by atoms with Crippen molar-refractivity contribution in [2.75, 3.05) is 83.5 Å². The van der Waals surface area contributed by atoms with Crippen molar-refractivity contribution < 1.29 is 33.0 Å². The Balaban J connectivity index is 0.615. The van der Waals surface area contributed by atoms with E-state index in [4.69, 9.17) is 26.1 Å². The lowest BCUT2D eigenvalue weighted by Crippen LogP contribution is -2.56. The van der Waals surface area contributed by atoms with E-state index in [9.17, 15) is 19.5 Å². The van der Waals surface area contributed by atoms with Crippen LogP contribution in [0.4, 0.5) is 19.4 Å². The summed E-state index contributed by atoms with van der Waals surface area (Å²) >= 11 is 0. The van der Waals surface area contributed by atoms with Crippen LogP contribution in [0.1, 0.15) is 105 Å². The summed E-state index contributed by atoms with van der Waals surface area (Å²) in [5.74, 6) is 1.09. The number of ether oxygens (including phenoxy) is 1. The van der Waals surface area contributed by atoms with Crippen LogP contribution in [-0.2, 0) is 9.59 Å². The van der Waals surface area contributed by atoms with Crippen LogP contribution in [0.15, 0.2) is 53.7 Å². The third-order valence-electron chi connectivity index (χ3n) is 18.2. The summed E-state index contributed by atoms with van der Waals surface area (Å²) in [4.78, 5) is 68.9. The van der Waals surface area contributed by atoms with Gasteiger partial charge in [0.25, 0.3) is 0 Å². The van der Waals surface area contributed by atoms with E-state index >= 15 is 8.78 Å². The van der Waals surface area contributed by atoms with E-state index < -0.39 is 11.6 Å². The average molecular weight is 1050 g/mol. The van der Waals surface area contributed by atoms with Gasteiger partial charge in [-0.15, -0.1) is 6.42 Å². The number of piperidine rings is 3. The molecule has 18 heteroatoms. The molecule has 1 saturated carbocycles. The lowest BCUT2D eigenvalue weighted by Gasteiger charge is -2.44. The number of carbonyl (C=O) groups excluding carboxylic acids is 3. The first-order chi connectivity index (χ1) is 37.4. The Kier molecular flexibility index (Phi) is 12.8. The predicted molar refractivity (Wildman–Crippen MR) is 288 cm³/mol. The maximum absolute atomic E-state index is 17.2. The minimum absolute atomic E-state index is 0.0114. The second kappa shape index (κ2) is 19.9. The number of urea groups is 1. The molecule has 8 aliphatic rings. The van der Waals surface area contributed by atoms with E-state index in [-0.39, 0.29) is 86.8 Å². The number of rotatable bonds is 10. The fraction of sp³-hybridized carbons (Fsp3) is 0.508. The summed E-state index contributed by atoms with van der Waals surface area (Å²) in [5.41, 5.74) is 4.28. The number of phenolic OH excluding ortho intramolecular Hbond substituents is 1. The van der Waals surface area contributed by atoms with Gasteiger partial charge in [0.2, 0.25) is 11.8 Å². The van der Waals surface area contributed by atoms with E-state index in [1.165, 1.54) is 35.4 Å². The predicted octanol–water partition coefficient (Wildman–Crippen LogP) is 6.91.